The predicted octanol–water partition coefficient (Wildman–Crippen LogP) is 3.19. The van der Waals surface area contributed by atoms with Crippen LogP contribution in [0.3, 0.4) is 0 Å². The van der Waals surface area contributed by atoms with Crippen molar-refractivity contribution >= 4 is 27.7 Å². The second-order valence-corrected chi connectivity index (χ2v) is 5.81. The van der Waals surface area contributed by atoms with Crippen LogP contribution in [-0.2, 0) is 13.0 Å². The highest BCUT2D eigenvalue weighted by Crippen LogP contribution is 2.33. The lowest BCUT2D eigenvalue weighted by atomic mass is 9.99. The largest absolute Gasteiger partial charge is 0.398 e. The van der Waals surface area contributed by atoms with E-state index in [0.717, 1.165) is 36.3 Å². The van der Waals surface area contributed by atoms with Gasteiger partial charge in [-0.1, -0.05) is 17.4 Å². The van der Waals surface area contributed by atoms with Crippen molar-refractivity contribution in [3.8, 4) is 0 Å². The highest BCUT2D eigenvalue weighted by molar-refractivity contribution is 7.13. The average Bonchev–Trinajstić information content (AvgIpc) is 2.89. The zero-order valence-corrected chi connectivity index (χ0v) is 11.7. The van der Waals surface area contributed by atoms with Crippen molar-refractivity contribution in [2.24, 2.45) is 0 Å². The molecular formula is C14H15N3O2S. The number of fused-ring (bicyclic) bond motifs is 1. The molecule has 1 aromatic heterocycles. The van der Waals surface area contributed by atoms with Crippen LogP contribution in [0.25, 0.3) is 0 Å². The van der Waals surface area contributed by atoms with E-state index in [2.05, 4.69) is 11.0 Å². The smallest absolute Gasteiger partial charge is 0.324 e. The standard InChI is InChI=1S/C14H15N3O2S/c15-12-4-1-5-13-11(12)3-2-6-16(13)8-10-7-14(17(18)19)20-9-10/h1,4-5,7,9H,2-3,6,8,15H2. The van der Waals surface area contributed by atoms with Gasteiger partial charge in [-0.05, 0) is 36.1 Å². The summed E-state index contributed by atoms with van der Waals surface area (Å²) in [7, 11) is 0. The molecule has 20 heavy (non-hydrogen) atoms. The highest BCUT2D eigenvalue weighted by Gasteiger charge is 2.20. The summed E-state index contributed by atoms with van der Waals surface area (Å²) in [5.41, 5.74) is 10.2. The first-order valence-corrected chi connectivity index (χ1v) is 7.37. The summed E-state index contributed by atoms with van der Waals surface area (Å²) in [6, 6.07) is 7.62. The van der Waals surface area contributed by atoms with E-state index in [1.807, 2.05) is 17.5 Å². The molecule has 3 rings (SSSR count). The first kappa shape index (κ1) is 12.9. The molecule has 0 saturated carbocycles. The molecule has 0 amide bonds. The maximum absolute atomic E-state index is 10.7. The summed E-state index contributed by atoms with van der Waals surface area (Å²) in [5, 5.41) is 12.8. The molecule has 6 heteroatoms. The van der Waals surface area contributed by atoms with Gasteiger partial charge in [0.05, 0.1) is 4.92 Å². The van der Waals surface area contributed by atoms with E-state index in [1.165, 1.54) is 16.9 Å². The van der Waals surface area contributed by atoms with Crippen LogP contribution in [0.5, 0.6) is 0 Å². The van der Waals surface area contributed by atoms with Gasteiger partial charge in [0, 0.05) is 35.9 Å². The molecule has 0 radical (unpaired) electrons. The fourth-order valence-electron chi connectivity index (χ4n) is 2.65. The molecule has 0 fully saturated rings. The van der Waals surface area contributed by atoms with Crippen LogP contribution in [0.4, 0.5) is 16.4 Å². The summed E-state index contributed by atoms with van der Waals surface area (Å²) in [6.07, 6.45) is 2.07. The molecule has 5 nitrogen and oxygen atoms in total. The Hall–Kier alpha value is -2.08. The van der Waals surface area contributed by atoms with Crippen LogP contribution < -0.4 is 10.6 Å². The fourth-order valence-corrected chi connectivity index (χ4v) is 3.37. The molecule has 104 valence electrons. The molecule has 0 atom stereocenters. The molecule has 0 spiro atoms. The molecule has 1 aromatic carbocycles. The number of nitrogens with zero attached hydrogens (tertiary/aromatic N) is 2. The van der Waals surface area contributed by atoms with Crippen molar-refractivity contribution in [3.05, 3.63) is 50.9 Å². The van der Waals surface area contributed by atoms with Crippen LogP contribution in [0.1, 0.15) is 17.5 Å². The van der Waals surface area contributed by atoms with Gasteiger partial charge in [0.25, 0.3) is 0 Å². The summed E-state index contributed by atoms with van der Waals surface area (Å²) in [4.78, 5) is 12.6. The Bertz CT molecular complexity index is 654. The lowest BCUT2D eigenvalue weighted by Crippen LogP contribution is -2.29. The predicted molar refractivity (Wildman–Crippen MR) is 81.2 cm³/mol. The third kappa shape index (κ3) is 2.34. The third-order valence-corrected chi connectivity index (χ3v) is 4.51. The van der Waals surface area contributed by atoms with E-state index in [0.29, 0.717) is 6.54 Å². The Morgan fingerprint density at radius 2 is 2.30 bits per heavy atom. The zero-order chi connectivity index (χ0) is 14.1. The van der Waals surface area contributed by atoms with Gasteiger partial charge in [-0.3, -0.25) is 10.1 Å². The Balaban J connectivity index is 1.85. The second kappa shape index (κ2) is 5.13. The maximum atomic E-state index is 10.7. The van der Waals surface area contributed by atoms with Gasteiger partial charge in [-0.25, -0.2) is 0 Å². The molecule has 1 aliphatic heterocycles. The van der Waals surface area contributed by atoms with Crippen molar-refractivity contribution in [2.75, 3.05) is 17.2 Å². The van der Waals surface area contributed by atoms with E-state index < -0.39 is 0 Å². The molecule has 2 aromatic rings. The summed E-state index contributed by atoms with van der Waals surface area (Å²) in [6.45, 7) is 1.65. The number of benzene rings is 1. The topological polar surface area (TPSA) is 72.4 Å². The fraction of sp³-hybridized carbons (Fsp3) is 0.286. The van der Waals surface area contributed by atoms with Crippen molar-refractivity contribution in [3.63, 3.8) is 0 Å². The normalized spacial score (nSPS) is 14.1. The quantitative estimate of drug-likeness (QED) is 0.535. The maximum Gasteiger partial charge on any atom is 0.324 e. The Labute approximate surface area is 120 Å². The van der Waals surface area contributed by atoms with Gasteiger partial charge >= 0.3 is 5.00 Å². The highest BCUT2D eigenvalue weighted by atomic mass is 32.1. The molecule has 0 bridgehead atoms. The second-order valence-electron chi connectivity index (χ2n) is 4.92. The van der Waals surface area contributed by atoms with Crippen LogP contribution in [0, 0.1) is 10.1 Å². The van der Waals surface area contributed by atoms with E-state index in [9.17, 15) is 10.1 Å². The Morgan fingerprint density at radius 1 is 1.45 bits per heavy atom. The van der Waals surface area contributed by atoms with E-state index in [1.54, 1.807) is 6.07 Å². The number of nitrogen functional groups attached to an aromatic ring is 1. The van der Waals surface area contributed by atoms with E-state index in [-0.39, 0.29) is 9.92 Å². The molecule has 2 heterocycles. The minimum atomic E-state index is -0.337. The number of anilines is 2. The van der Waals surface area contributed by atoms with E-state index in [4.69, 9.17) is 5.73 Å². The van der Waals surface area contributed by atoms with Gasteiger partial charge in [-0.2, -0.15) is 0 Å². The number of hydrogen-bond donors (Lipinski definition) is 1. The van der Waals surface area contributed by atoms with E-state index >= 15 is 0 Å². The first-order valence-electron chi connectivity index (χ1n) is 6.49. The van der Waals surface area contributed by atoms with Crippen molar-refractivity contribution in [1.29, 1.82) is 0 Å². The summed E-state index contributed by atoms with van der Waals surface area (Å²) >= 11 is 1.18. The van der Waals surface area contributed by atoms with Gasteiger partial charge in [0.1, 0.15) is 0 Å². The third-order valence-electron chi connectivity index (χ3n) is 3.58. The van der Waals surface area contributed by atoms with Crippen molar-refractivity contribution in [1.82, 2.24) is 0 Å². The van der Waals surface area contributed by atoms with Gasteiger partial charge in [0.15, 0.2) is 0 Å². The lowest BCUT2D eigenvalue weighted by molar-refractivity contribution is -0.380. The SMILES string of the molecule is Nc1cccc2c1CCCN2Cc1csc([N+](=O)[O-])c1. The van der Waals surface area contributed by atoms with Crippen LogP contribution in [0.15, 0.2) is 29.6 Å². The minimum absolute atomic E-state index is 0.199. The number of rotatable bonds is 3. The lowest BCUT2D eigenvalue weighted by Gasteiger charge is -2.31. The minimum Gasteiger partial charge on any atom is -0.398 e. The monoisotopic (exact) mass is 289 g/mol. The molecule has 0 unspecified atom stereocenters. The molecular weight excluding hydrogens is 274 g/mol. The number of nitrogens with two attached hydrogens (primary N) is 1. The van der Waals surface area contributed by atoms with Gasteiger partial charge < -0.3 is 10.6 Å². The van der Waals surface area contributed by atoms with Crippen molar-refractivity contribution < 1.29 is 4.92 Å². The zero-order valence-electron chi connectivity index (χ0n) is 10.9. The van der Waals surface area contributed by atoms with Crippen molar-refractivity contribution in [2.45, 2.75) is 19.4 Å². The van der Waals surface area contributed by atoms with Crippen LogP contribution in [-0.4, -0.2) is 11.5 Å². The number of nitro groups is 1. The average molecular weight is 289 g/mol. The Kier molecular flexibility index (Phi) is 3.31. The van der Waals surface area contributed by atoms with Gasteiger partial charge in [0.2, 0.25) is 0 Å². The Morgan fingerprint density at radius 3 is 3.05 bits per heavy atom. The van der Waals surface area contributed by atoms with Crippen LogP contribution in [0.2, 0.25) is 0 Å². The summed E-state index contributed by atoms with van der Waals surface area (Å²) < 4.78 is 0. The molecule has 2 N–H and O–H groups in total. The molecule has 0 aliphatic carbocycles. The molecule has 0 saturated heterocycles. The first-order chi connectivity index (χ1) is 9.65. The molecule has 1 aliphatic rings. The number of hydrogen-bond acceptors (Lipinski definition) is 5. The van der Waals surface area contributed by atoms with Gasteiger partial charge in [-0.15, -0.1) is 0 Å². The van der Waals surface area contributed by atoms with Crippen LogP contribution >= 0.6 is 11.3 Å². The number of thiophene rings is 1. The summed E-state index contributed by atoms with van der Waals surface area (Å²) in [5.74, 6) is 0.